The molecule has 0 saturated heterocycles. The molecule has 2 unspecified atom stereocenters. The van der Waals surface area contributed by atoms with Gasteiger partial charge in [-0.3, -0.25) is 0 Å². The Labute approximate surface area is 96.3 Å². The third kappa shape index (κ3) is 7.39. The minimum absolute atomic E-state index is 0.181. The molecule has 16 heavy (non-hydrogen) atoms. The Morgan fingerprint density at radius 3 is 2.38 bits per heavy atom. The van der Waals surface area contributed by atoms with Crippen molar-refractivity contribution in [2.24, 2.45) is 0 Å². The van der Waals surface area contributed by atoms with Crippen molar-refractivity contribution in [1.29, 1.82) is 0 Å². The van der Waals surface area contributed by atoms with Crippen LogP contribution in [0.1, 0.15) is 20.8 Å². The molecule has 0 aromatic carbocycles. The molecule has 0 aliphatic heterocycles. The van der Waals surface area contributed by atoms with Crippen molar-refractivity contribution < 1.29 is 23.7 Å². The molecular formula is C11H20O5. The fraction of sp³-hybridized carbons (Fsp3) is 0.727. The summed E-state index contributed by atoms with van der Waals surface area (Å²) in [5, 5.41) is 0. The molecule has 0 aliphatic carbocycles. The molecule has 0 rings (SSSR count). The predicted octanol–water partition coefficient (Wildman–Crippen LogP) is 1.48. The second-order valence-corrected chi connectivity index (χ2v) is 3.29. The number of hydrogen-bond donors (Lipinski definition) is 0. The van der Waals surface area contributed by atoms with Crippen LogP contribution in [-0.2, 0) is 23.7 Å². The van der Waals surface area contributed by atoms with Gasteiger partial charge in [0.25, 0.3) is 0 Å². The highest BCUT2D eigenvalue weighted by molar-refractivity contribution is 5.86. The van der Waals surface area contributed by atoms with E-state index >= 15 is 0 Å². The molecule has 0 saturated carbocycles. The third-order valence-corrected chi connectivity index (χ3v) is 1.73. The monoisotopic (exact) mass is 232 g/mol. The summed E-state index contributed by atoms with van der Waals surface area (Å²) in [5.74, 6) is -0.414. The normalized spacial score (nSPS) is 14.2. The average Bonchev–Trinajstić information content (AvgIpc) is 2.23. The molecule has 0 amide bonds. The van der Waals surface area contributed by atoms with Crippen molar-refractivity contribution in [2.75, 3.05) is 20.3 Å². The van der Waals surface area contributed by atoms with Crippen molar-refractivity contribution in [3.63, 3.8) is 0 Å². The van der Waals surface area contributed by atoms with Crippen LogP contribution in [-0.4, -0.2) is 38.9 Å². The molecular weight excluding hydrogens is 212 g/mol. The van der Waals surface area contributed by atoms with E-state index in [9.17, 15) is 4.79 Å². The Morgan fingerprint density at radius 1 is 1.25 bits per heavy atom. The average molecular weight is 232 g/mol. The molecule has 5 nitrogen and oxygen atoms in total. The van der Waals surface area contributed by atoms with Crippen LogP contribution < -0.4 is 0 Å². The van der Waals surface area contributed by atoms with E-state index < -0.39 is 12.3 Å². The lowest BCUT2D eigenvalue weighted by atomic mass is 10.4. The van der Waals surface area contributed by atoms with Crippen molar-refractivity contribution in [3.8, 4) is 0 Å². The summed E-state index contributed by atoms with van der Waals surface area (Å²) in [7, 11) is 1.55. The summed E-state index contributed by atoms with van der Waals surface area (Å²) in [4.78, 5) is 11.0. The van der Waals surface area contributed by atoms with Crippen molar-refractivity contribution in [1.82, 2.24) is 0 Å². The minimum Gasteiger partial charge on any atom is -0.460 e. The topological polar surface area (TPSA) is 54.0 Å². The molecule has 0 bridgehead atoms. The first-order valence-corrected chi connectivity index (χ1v) is 5.09. The molecule has 2 atom stereocenters. The highest BCUT2D eigenvalue weighted by atomic mass is 16.8. The third-order valence-electron chi connectivity index (χ3n) is 1.73. The Morgan fingerprint density at radius 2 is 1.88 bits per heavy atom. The summed E-state index contributed by atoms with van der Waals surface area (Å²) < 4.78 is 20.2. The first-order valence-electron chi connectivity index (χ1n) is 5.09. The van der Waals surface area contributed by atoms with Crippen molar-refractivity contribution in [2.45, 2.75) is 33.4 Å². The first kappa shape index (κ1) is 15.1. The SMILES string of the molecule is C=C(C)C(=O)OCCOC(C)OC(C)OC. The van der Waals surface area contributed by atoms with E-state index in [1.165, 1.54) is 0 Å². The molecule has 0 N–H and O–H groups in total. The van der Waals surface area contributed by atoms with Gasteiger partial charge in [-0.15, -0.1) is 0 Å². The zero-order valence-electron chi connectivity index (χ0n) is 10.3. The van der Waals surface area contributed by atoms with Crippen molar-refractivity contribution in [3.05, 3.63) is 12.2 Å². The standard InChI is InChI=1S/C11H20O5/c1-8(2)11(12)15-7-6-14-10(4)16-9(3)13-5/h9-10H,1,6-7H2,2-5H3. The van der Waals surface area contributed by atoms with E-state index in [-0.39, 0.29) is 19.5 Å². The van der Waals surface area contributed by atoms with Gasteiger partial charge in [0.2, 0.25) is 0 Å². The molecule has 5 heteroatoms. The van der Waals surface area contributed by atoms with Crippen LogP contribution in [0.15, 0.2) is 12.2 Å². The van der Waals surface area contributed by atoms with Gasteiger partial charge in [-0.25, -0.2) is 4.79 Å². The second kappa shape index (κ2) is 8.27. The van der Waals surface area contributed by atoms with Crippen LogP contribution in [0.5, 0.6) is 0 Å². The predicted molar refractivity (Wildman–Crippen MR) is 58.7 cm³/mol. The largest absolute Gasteiger partial charge is 0.460 e. The molecule has 0 aromatic rings. The summed E-state index contributed by atoms with van der Waals surface area (Å²) in [6.45, 7) is 9.02. The first-order chi connectivity index (χ1) is 7.47. The van der Waals surface area contributed by atoms with Crippen molar-refractivity contribution >= 4 is 5.97 Å². The van der Waals surface area contributed by atoms with Gasteiger partial charge in [0.1, 0.15) is 6.61 Å². The van der Waals surface area contributed by atoms with Gasteiger partial charge in [0.05, 0.1) is 6.61 Å². The number of ether oxygens (including phenoxy) is 4. The van der Waals surface area contributed by atoms with E-state index in [0.717, 1.165) is 0 Å². The quantitative estimate of drug-likeness (QED) is 0.274. The number of carbonyl (C=O) groups is 1. The lowest BCUT2D eigenvalue weighted by Gasteiger charge is -2.18. The zero-order chi connectivity index (χ0) is 12.6. The lowest BCUT2D eigenvalue weighted by molar-refractivity contribution is -0.225. The van der Waals surface area contributed by atoms with Gasteiger partial charge < -0.3 is 18.9 Å². The molecule has 0 fully saturated rings. The van der Waals surface area contributed by atoms with Gasteiger partial charge in [-0.2, -0.15) is 0 Å². The Kier molecular flexibility index (Phi) is 7.80. The van der Waals surface area contributed by atoms with E-state index in [1.54, 1.807) is 27.9 Å². The van der Waals surface area contributed by atoms with Crippen LogP contribution in [0, 0.1) is 0 Å². The van der Waals surface area contributed by atoms with Crippen LogP contribution >= 0.6 is 0 Å². The molecule has 0 heterocycles. The summed E-state index contributed by atoms with van der Waals surface area (Å²) in [6, 6.07) is 0. The van der Waals surface area contributed by atoms with Gasteiger partial charge in [-0.1, -0.05) is 6.58 Å². The Balaban J connectivity index is 3.51. The van der Waals surface area contributed by atoms with Gasteiger partial charge in [0.15, 0.2) is 12.6 Å². The number of hydrogen-bond acceptors (Lipinski definition) is 5. The number of esters is 1. The summed E-state index contributed by atoms with van der Waals surface area (Å²) >= 11 is 0. The van der Waals surface area contributed by atoms with Crippen LogP contribution in [0.2, 0.25) is 0 Å². The summed E-state index contributed by atoms with van der Waals surface area (Å²) in [6.07, 6.45) is -0.730. The number of methoxy groups -OCH3 is 1. The highest BCUT2D eigenvalue weighted by Gasteiger charge is 2.08. The molecule has 94 valence electrons. The number of rotatable bonds is 8. The van der Waals surface area contributed by atoms with E-state index in [0.29, 0.717) is 5.57 Å². The highest BCUT2D eigenvalue weighted by Crippen LogP contribution is 2.00. The fourth-order valence-electron chi connectivity index (χ4n) is 0.836. The maximum absolute atomic E-state index is 11.0. The maximum atomic E-state index is 11.0. The number of carbonyl (C=O) groups excluding carboxylic acids is 1. The molecule has 0 radical (unpaired) electrons. The van der Waals surface area contributed by atoms with E-state index in [2.05, 4.69) is 6.58 Å². The second-order valence-electron chi connectivity index (χ2n) is 3.29. The molecule has 0 spiro atoms. The minimum atomic E-state index is -0.414. The van der Waals surface area contributed by atoms with Crippen LogP contribution in [0.3, 0.4) is 0 Å². The Bertz CT molecular complexity index is 226. The lowest BCUT2D eigenvalue weighted by Crippen LogP contribution is -2.23. The van der Waals surface area contributed by atoms with E-state index in [4.69, 9.17) is 18.9 Å². The van der Waals surface area contributed by atoms with Gasteiger partial charge in [0, 0.05) is 12.7 Å². The van der Waals surface area contributed by atoms with Gasteiger partial charge in [-0.05, 0) is 20.8 Å². The van der Waals surface area contributed by atoms with Crippen LogP contribution in [0.25, 0.3) is 0 Å². The summed E-state index contributed by atoms with van der Waals surface area (Å²) in [5.41, 5.74) is 0.373. The maximum Gasteiger partial charge on any atom is 0.333 e. The van der Waals surface area contributed by atoms with Crippen LogP contribution in [0.4, 0.5) is 0 Å². The Hall–Kier alpha value is -0.910. The molecule has 0 aliphatic rings. The fourth-order valence-corrected chi connectivity index (χ4v) is 0.836. The zero-order valence-corrected chi connectivity index (χ0v) is 10.3. The van der Waals surface area contributed by atoms with E-state index in [1.807, 2.05) is 0 Å². The smallest absolute Gasteiger partial charge is 0.333 e. The van der Waals surface area contributed by atoms with Gasteiger partial charge >= 0.3 is 5.97 Å². The molecule has 0 aromatic heterocycles.